The van der Waals surface area contributed by atoms with Crippen LogP contribution < -0.4 is 10.6 Å². The zero-order valence-corrected chi connectivity index (χ0v) is 10.7. The van der Waals surface area contributed by atoms with Crippen molar-refractivity contribution in [2.45, 2.75) is 39.0 Å². The van der Waals surface area contributed by atoms with Crippen molar-refractivity contribution in [1.82, 2.24) is 10.6 Å². The van der Waals surface area contributed by atoms with Gasteiger partial charge in [0, 0.05) is 18.5 Å². The van der Waals surface area contributed by atoms with Crippen LogP contribution in [-0.2, 0) is 4.79 Å². The van der Waals surface area contributed by atoms with Gasteiger partial charge in [0.25, 0.3) is 0 Å². The highest BCUT2D eigenvalue weighted by molar-refractivity contribution is 5.83. The predicted molar refractivity (Wildman–Crippen MR) is 66.6 cm³/mol. The third-order valence-corrected chi connectivity index (χ3v) is 4.37. The Morgan fingerprint density at radius 3 is 2.65 bits per heavy atom. The van der Waals surface area contributed by atoms with Gasteiger partial charge in [0.05, 0.1) is 12.0 Å². The number of aliphatic hydroxyl groups excluding tert-OH is 1. The topological polar surface area (TPSA) is 61.4 Å². The number of amides is 1. The van der Waals surface area contributed by atoms with Crippen LogP contribution in [0, 0.1) is 10.8 Å². The molecular formula is C13H24N2O2. The van der Waals surface area contributed by atoms with Crippen molar-refractivity contribution in [2.75, 3.05) is 26.2 Å². The van der Waals surface area contributed by atoms with Crippen LogP contribution in [0.2, 0.25) is 0 Å². The van der Waals surface area contributed by atoms with Crippen molar-refractivity contribution in [3.8, 4) is 0 Å². The van der Waals surface area contributed by atoms with E-state index in [0.29, 0.717) is 6.54 Å². The first kappa shape index (κ1) is 12.8. The molecule has 17 heavy (non-hydrogen) atoms. The van der Waals surface area contributed by atoms with Gasteiger partial charge in [-0.25, -0.2) is 0 Å². The van der Waals surface area contributed by atoms with Crippen LogP contribution in [0.1, 0.15) is 39.0 Å². The molecule has 0 aromatic carbocycles. The lowest BCUT2D eigenvalue weighted by Gasteiger charge is -2.27. The largest absolute Gasteiger partial charge is 0.396 e. The van der Waals surface area contributed by atoms with Crippen LogP contribution in [0.15, 0.2) is 0 Å². The fraction of sp³-hybridized carbons (Fsp3) is 0.923. The molecule has 1 saturated heterocycles. The van der Waals surface area contributed by atoms with E-state index >= 15 is 0 Å². The van der Waals surface area contributed by atoms with Crippen molar-refractivity contribution >= 4 is 5.91 Å². The molecule has 1 amide bonds. The Morgan fingerprint density at radius 2 is 2.18 bits per heavy atom. The molecule has 2 rings (SSSR count). The van der Waals surface area contributed by atoms with Gasteiger partial charge < -0.3 is 15.7 Å². The summed E-state index contributed by atoms with van der Waals surface area (Å²) < 4.78 is 0. The van der Waals surface area contributed by atoms with Crippen LogP contribution in [-0.4, -0.2) is 37.3 Å². The van der Waals surface area contributed by atoms with Crippen LogP contribution in [0.3, 0.4) is 0 Å². The molecule has 0 radical (unpaired) electrons. The molecule has 0 aromatic heterocycles. The van der Waals surface area contributed by atoms with Crippen molar-refractivity contribution < 1.29 is 9.90 Å². The van der Waals surface area contributed by atoms with E-state index in [1.165, 1.54) is 0 Å². The van der Waals surface area contributed by atoms with Gasteiger partial charge in [-0.05, 0) is 32.2 Å². The molecule has 3 N–H and O–H groups in total. The lowest BCUT2D eigenvalue weighted by Crippen LogP contribution is -2.44. The van der Waals surface area contributed by atoms with E-state index in [1.54, 1.807) is 0 Å². The summed E-state index contributed by atoms with van der Waals surface area (Å²) in [5.41, 5.74) is -0.185. The molecule has 1 aliphatic heterocycles. The monoisotopic (exact) mass is 240 g/mol. The highest BCUT2D eigenvalue weighted by Crippen LogP contribution is 2.44. The Morgan fingerprint density at radius 1 is 1.41 bits per heavy atom. The normalized spacial score (nSPS) is 30.2. The van der Waals surface area contributed by atoms with Gasteiger partial charge in [-0.3, -0.25) is 4.79 Å². The summed E-state index contributed by atoms with van der Waals surface area (Å²) in [4.78, 5) is 12.3. The standard InChI is InChI=1S/C13H24N2O2/c1-2-3-13(6-7-14-9-13)11(17)15-8-12(10-16)4-5-12/h14,16H,2-10H2,1H3,(H,15,17). The third-order valence-electron chi connectivity index (χ3n) is 4.37. The second kappa shape index (κ2) is 4.94. The first-order valence-electron chi connectivity index (χ1n) is 6.76. The summed E-state index contributed by atoms with van der Waals surface area (Å²) in [6.07, 6.45) is 5.03. The maximum absolute atomic E-state index is 12.3. The van der Waals surface area contributed by atoms with E-state index in [9.17, 15) is 9.90 Å². The highest BCUT2D eigenvalue weighted by Gasteiger charge is 2.45. The second-order valence-electron chi connectivity index (χ2n) is 5.80. The lowest BCUT2D eigenvalue weighted by atomic mass is 9.81. The number of rotatable bonds is 6. The summed E-state index contributed by atoms with van der Waals surface area (Å²) in [5, 5.41) is 15.6. The molecule has 0 aromatic rings. The summed E-state index contributed by atoms with van der Waals surface area (Å²) >= 11 is 0. The van der Waals surface area contributed by atoms with E-state index in [1.807, 2.05) is 0 Å². The average molecular weight is 240 g/mol. The number of aliphatic hydroxyl groups is 1. The van der Waals surface area contributed by atoms with Crippen LogP contribution >= 0.6 is 0 Å². The maximum Gasteiger partial charge on any atom is 0.227 e. The van der Waals surface area contributed by atoms with Gasteiger partial charge in [0.1, 0.15) is 0 Å². The van der Waals surface area contributed by atoms with Crippen LogP contribution in [0.25, 0.3) is 0 Å². The van der Waals surface area contributed by atoms with Crippen molar-refractivity contribution in [2.24, 2.45) is 10.8 Å². The number of nitrogens with one attached hydrogen (secondary N) is 2. The minimum Gasteiger partial charge on any atom is -0.396 e. The lowest BCUT2D eigenvalue weighted by molar-refractivity contribution is -0.130. The van der Waals surface area contributed by atoms with Crippen molar-refractivity contribution in [3.05, 3.63) is 0 Å². The molecule has 1 unspecified atom stereocenters. The third kappa shape index (κ3) is 2.63. The Hall–Kier alpha value is -0.610. The minimum absolute atomic E-state index is 0.00903. The molecule has 0 bridgehead atoms. The fourth-order valence-corrected chi connectivity index (χ4v) is 2.77. The predicted octanol–water partition coefficient (Wildman–Crippen LogP) is 0.655. The van der Waals surface area contributed by atoms with Gasteiger partial charge in [-0.1, -0.05) is 13.3 Å². The first-order chi connectivity index (χ1) is 8.16. The molecule has 2 aliphatic rings. The number of hydrogen-bond acceptors (Lipinski definition) is 3. The molecular weight excluding hydrogens is 216 g/mol. The van der Waals surface area contributed by atoms with Gasteiger partial charge in [0.2, 0.25) is 5.91 Å². The van der Waals surface area contributed by atoms with Gasteiger partial charge in [-0.15, -0.1) is 0 Å². The molecule has 2 fully saturated rings. The Labute approximate surface area is 103 Å². The molecule has 1 aliphatic carbocycles. The summed E-state index contributed by atoms with van der Waals surface area (Å²) in [6, 6.07) is 0. The average Bonchev–Trinajstić information content (AvgIpc) is 2.98. The number of carbonyl (C=O) groups is 1. The molecule has 1 saturated carbocycles. The van der Waals surface area contributed by atoms with Gasteiger partial charge >= 0.3 is 0 Å². The molecule has 1 heterocycles. The quantitative estimate of drug-likeness (QED) is 0.639. The SMILES string of the molecule is CCCC1(C(=O)NCC2(CO)CC2)CCNC1. The van der Waals surface area contributed by atoms with Crippen LogP contribution in [0.5, 0.6) is 0 Å². The zero-order valence-electron chi connectivity index (χ0n) is 10.7. The smallest absolute Gasteiger partial charge is 0.227 e. The maximum atomic E-state index is 12.3. The summed E-state index contributed by atoms with van der Waals surface area (Å²) in [5.74, 6) is 0.184. The van der Waals surface area contributed by atoms with E-state index in [-0.39, 0.29) is 23.3 Å². The van der Waals surface area contributed by atoms with E-state index < -0.39 is 0 Å². The Balaban J connectivity index is 1.88. The summed E-state index contributed by atoms with van der Waals surface area (Å²) in [6.45, 7) is 4.72. The van der Waals surface area contributed by atoms with E-state index in [2.05, 4.69) is 17.6 Å². The van der Waals surface area contributed by atoms with Crippen LogP contribution in [0.4, 0.5) is 0 Å². The fourth-order valence-electron chi connectivity index (χ4n) is 2.77. The van der Waals surface area contributed by atoms with Gasteiger partial charge in [-0.2, -0.15) is 0 Å². The number of carbonyl (C=O) groups excluding carboxylic acids is 1. The molecule has 98 valence electrons. The van der Waals surface area contributed by atoms with Crippen molar-refractivity contribution in [3.63, 3.8) is 0 Å². The molecule has 0 spiro atoms. The number of hydrogen-bond donors (Lipinski definition) is 3. The minimum atomic E-state index is -0.194. The Bertz CT molecular complexity index is 281. The summed E-state index contributed by atoms with van der Waals surface area (Å²) in [7, 11) is 0. The first-order valence-corrected chi connectivity index (χ1v) is 6.76. The van der Waals surface area contributed by atoms with Crippen molar-refractivity contribution in [1.29, 1.82) is 0 Å². The Kier molecular flexibility index (Phi) is 3.73. The highest BCUT2D eigenvalue weighted by atomic mass is 16.3. The zero-order chi connectivity index (χ0) is 12.4. The molecule has 1 atom stereocenters. The van der Waals surface area contributed by atoms with Gasteiger partial charge in [0.15, 0.2) is 0 Å². The second-order valence-corrected chi connectivity index (χ2v) is 5.80. The molecule has 4 heteroatoms. The van der Waals surface area contributed by atoms with E-state index in [4.69, 9.17) is 0 Å². The van der Waals surface area contributed by atoms with E-state index in [0.717, 1.165) is 45.2 Å². The molecule has 4 nitrogen and oxygen atoms in total.